The van der Waals surface area contributed by atoms with E-state index < -0.39 is 0 Å². The van der Waals surface area contributed by atoms with E-state index in [4.69, 9.17) is 0 Å². The van der Waals surface area contributed by atoms with Gasteiger partial charge < -0.3 is 0 Å². The average Bonchev–Trinajstić information content (AvgIpc) is 2.64. The number of hydrogen-bond acceptors (Lipinski definition) is 3. The Kier molecular flexibility index (Phi) is 3.06. The Hall–Kier alpha value is -1.22. The Balaban J connectivity index is 2.42. The zero-order valence-corrected chi connectivity index (χ0v) is 10.9. The molecule has 0 aromatic carbocycles. The van der Waals surface area contributed by atoms with E-state index in [2.05, 4.69) is 35.9 Å². The predicted octanol–water partition coefficient (Wildman–Crippen LogP) is 3.95. The van der Waals surface area contributed by atoms with Gasteiger partial charge in [0, 0.05) is 28.0 Å². The van der Waals surface area contributed by atoms with E-state index in [1.54, 1.807) is 11.3 Å². The van der Waals surface area contributed by atoms with Crippen LogP contribution in [-0.4, -0.2) is 9.97 Å². The standard InChI is InChI=1S/C13H16N2S/c1-8(2)12-7-14-13(16-12)11-5-9(3)15-10(4)6-11/h5-8H,1-4H3. The third-order valence-electron chi connectivity index (χ3n) is 2.42. The summed E-state index contributed by atoms with van der Waals surface area (Å²) in [6, 6.07) is 4.19. The molecule has 2 aromatic heterocycles. The van der Waals surface area contributed by atoms with Crippen LogP contribution in [-0.2, 0) is 0 Å². The quantitative estimate of drug-likeness (QED) is 0.783. The normalized spacial score (nSPS) is 11.1. The van der Waals surface area contributed by atoms with Gasteiger partial charge in [0.15, 0.2) is 0 Å². The molecule has 0 spiro atoms. The smallest absolute Gasteiger partial charge is 0.123 e. The summed E-state index contributed by atoms with van der Waals surface area (Å²) in [5.41, 5.74) is 3.29. The van der Waals surface area contributed by atoms with Crippen LogP contribution < -0.4 is 0 Å². The number of hydrogen-bond donors (Lipinski definition) is 0. The lowest BCUT2D eigenvalue weighted by molar-refractivity contribution is 0.885. The molecule has 3 heteroatoms. The molecule has 0 saturated heterocycles. The molecule has 0 aliphatic rings. The fourth-order valence-corrected chi connectivity index (χ4v) is 2.55. The average molecular weight is 232 g/mol. The number of thiazole rings is 1. The zero-order chi connectivity index (χ0) is 11.7. The summed E-state index contributed by atoms with van der Waals surface area (Å²) in [7, 11) is 0. The number of nitrogens with zero attached hydrogens (tertiary/aromatic N) is 2. The van der Waals surface area contributed by atoms with Crippen molar-refractivity contribution in [2.24, 2.45) is 0 Å². The first-order chi connectivity index (χ1) is 7.56. The number of aryl methyl sites for hydroxylation is 2. The van der Waals surface area contributed by atoms with Crippen molar-refractivity contribution in [1.82, 2.24) is 9.97 Å². The van der Waals surface area contributed by atoms with Crippen LogP contribution in [0.15, 0.2) is 18.3 Å². The van der Waals surface area contributed by atoms with Crippen LogP contribution >= 0.6 is 11.3 Å². The van der Waals surface area contributed by atoms with Crippen molar-refractivity contribution in [3.63, 3.8) is 0 Å². The van der Waals surface area contributed by atoms with Crippen molar-refractivity contribution in [2.45, 2.75) is 33.6 Å². The third-order valence-corrected chi connectivity index (χ3v) is 3.77. The lowest BCUT2D eigenvalue weighted by Gasteiger charge is -2.01. The van der Waals surface area contributed by atoms with E-state index >= 15 is 0 Å². The molecule has 2 nitrogen and oxygen atoms in total. The van der Waals surface area contributed by atoms with Crippen molar-refractivity contribution in [2.75, 3.05) is 0 Å². The summed E-state index contributed by atoms with van der Waals surface area (Å²) < 4.78 is 0. The van der Waals surface area contributed by atoms with Gasteiger partial charge in [0.25, 0.3) is 0 Å². The Labute approximate surface area is 100 Å². The second-order valence-electron chi connectivity index (χ2n) is 4.36. The highest BCUT2D eigenvalue weighted by Crippen LogP contribution is 2.29. The molecule has 0 aliphatic heterocycles. The number of rotatable bonds is 2. The van der Waals surface area contributed by atoms with Gasteiger partial charge in [0.05, 0.1) is 0 Å². The Morgan fingerprint density at radius 3 is 2.25 bits per heavy atom. The molecule has 0 aliphatic carbocycles. The van der Waals surface area contributed by atoms with E-state index in [1.165, 1.54) is 10.4 Å². The van der Waals surface area contributed by atoms with Gasteiger partial charge in [-0.25, -0.2) is 4.98 Å². The molecule has 0 saturated carbocycles. The van der Waals surface area contributed by atoms with E-state index in [-0.39, 0.29) is 0 Å². The molecular formula is C13H16N2S. The molecule has 2 aromatic rings. The minimum Gasteiger partial charge on any atom is -0.258 e. The highest BCUT2D eigenvalue weighted by atomic mass is 32.1. The van der Waals surface area contributed by atoms with E-state index in [1.807, 2.05) is 20.0 Å². The molecule has 0 fully saturated rings. The van der Waals surface area contributed by atoms with E-state index in [0.717, 1.165) is 16.4 Å². The predicted molar refractivity (Wildman–Crippen MR) is 68.9 cm³/mol. The molecule has 0 amide bonds. The van der Waals surface area contributed by atoms with Crippen LogP contribution in [0.3, 0.4) is 0 Å². The zero-order valence-electron chi connectivity index (χ0n) is 10.1. The first kappa shape index (κ1) is 11.3. The lowest BCUT2D eigenvalue weighted by Crippen LogP contribution is -1.87. The molecule has 2 rings (SSSR count). The summed E-state index contributed by atoms with van der Waals surface area (Å²) in [5, 5.41) is 1.09. The van der Waals surface area contributed by atoms with E-state index in [0.29, 0.717) is 5.92 Å². The van der Waals surface area contributed by atoms with Crippen LogP contribution in [0.4, 0.5) is 0 Å². The number of aromatic nitrogens is 2. The van der Waals surface area contributed by atoms with Crippen LogP contribution in [0.2, 0.25) is 0 Å². The summed E-state index contributed by atoms with van der Waals surface area (Å²) in [6.45, 7) is 8.43. The van der Waals surface area contributed by atoms with Gasteiger partial charge in [-0.2, -0.15) is 0 Å². The number of pyridine rings is 1. The van der Waals surface area contributed by atoms with Crippen molar-refractivity contribution in [1.29, 1.82) is 0 Å². The maximum Gasteiger partial charge on any atom is 0.123 e. The second kappa shape index (κ2) is 4.34. The minimum atomic E-state index is 0.551. The molecule has 0 N–H and O–H groups in total. The molecule has 0 bridgehead atoms. The fraction of sp³-hybridized carbons (Fsp3) is 0.385. The monoisotopic (exact) mass is 232 g/mol. The van der Waals surface area contributed by atoms with Crippen LogP contribution in [0.1, 0.15) is 36.0 Å². The molecule has 0 unspecified atom stereocenters. The second-order valence-corrected chi connectivity index (χ2v) is 5.42. The largest absolute Gasteiger partial charge is 0.258 e. The minimum absolute atomic E-state index is 0.551. The highest BCUT2D eigenvalue weighted by Gasteiger charge is 2.08. The highest BCUT2D eigenvalue weighted by molar-refractivity contribution is 7.15. The van der Waals surface area contributed by atoms with Crippen molar-refractivity contribution in [3.8, 4) is 10.6 Å². The van der Waals surface area contributed by atoms with Crippen LogP contribution in [0.25, 0.3) is 10.6 Å². The van der Waals surface area contributed by atoms with Gasteiger partial charge in [-0.15, -0.1) is 11.3 Å². The van der Waals surface area contributed by atoms with Gasteiger partial charge in [-0.1, -0.05) is 13.8 Å². The topological polar surface area (TPSA) is 25.8 Å². The SMILES string of the molecule is Cc1cc(-c2ncc(C(C)C)s2)cc(C)n1. The van der Waals surface area contributed by atoms with Crippen LogP contribution in [0, 0.1) is 13.8 Å². The van der Waals surface area contributed by atoms with Gasteiger partial charge in [-0.05, 0) is 31.9 Å². The molecule has 16 heavy (non-hydrogen) atoms. The summed E-state index contributed by atoms with van der Waals surface area (Å²) in [4.78, 5) is 10.2. The molecular weight excluding hydrogens is 216 g/mol. The van der Waals surface area contributed by atoms with Crippen molar-refractivity contribution >= 4 is 11.3 Å². The first-order valence-electron chi connectivity index (χ1n) is 5.47. The van der Waals surface area contributed by atoms with Gasteiger partial charge >= 0.3 is 0 Å². The maximum absolute atomic E-state index is 4.48. The Bertz CT molecular complexity index is 480. The maximum atomic E-state index is 4.48. The Morgan fingerprint density at radius 1 is 1.12 bits per heavy atom. The molecule has 0 radical (unpaired) electrons. The van der Waals surface area contributed by atoms with Gasteiger partial charge in [0.2, 0.25) is 0 Å². The third kappa shape index (κ3) is 2.30. The molecule has 0 atom stereocenters. The fourth-order valence-electron chi connectivity index (χ4n) is 1.64. The first-order valence-corrected chi connectivity index (χ1v) is 6.29. The van der Waals surface area contributed by atoms with Crippen molar-refractivity contribution < 1.29 is 0 Å². The van der Waals surface area contributed by atoms with Crippen LogP contribution in [0.5, 0.6) is 0 Å². The van der Waals surface area contributed by atoms with Crippen molar-refractivity contribution in [3.05, 3.63) is 34.6 Å². The summed E-state index contributed by atoms with van der Waals surface area (Å²) in [5.74, 6) is 0.551. The Morgan fingerprint density at radius 2 is 1.75 bits per heavy atom. The summed E-state index contributed by atoms with van der Waals surface area (Å²) >= 11 is 1.77. The lowest BCUT2D eigenvalue weighted by atomic mass is 10.2. The van der Waals surface area contributed by atoms with Gasteiger partial charge in [0.1, 0.15) is 5.01 Å². The van der Waals surface area contributed by atoms with Gasteiger partial charge in [-0.3, -0.25) is 4.98 Å². The summed E-state index contributed by atoms with van der Waals surface area (Å²) in [6.07, 6.45) is 1.98. The van der Waals surface area contributed by atoms with E-state index in [9.17, 15) is 0 Å². The molecule has 2 heterocycles. The molecule has 84 valence electrons.